The van der Waals surface area contributed by atoms with Crippen molar-refractivity contribution < 1.29 is 4.39 Å². The minimum Gasteiger partial charge on any atom is -0.340 e. The van der Waals surface area contributed by atoms with Crippen LogP contribution in [0.4, 0.5) is 10.3 Å². The lowest BCUT2D eigenvalue weighted by Gasteiger charge is -2.18. The second kappa shape index (κ2) is 9.84. The van der Waals surface area contributed by atoms with E-state index in [1.165, 1.54) is 6.07 Å². The van der Waals surface area contributed by atoms with Crippen LogP contribution in [-0.2, 0) is 13.0 Å². The highest BCUT2D eigenvalue weighted by Gasteiger charge is 2.19. The Labute approximate surface area is 187 Å². The number of hydrogen-bond donors (Lipinski definition) is 0. The van der Waals surface area contributed by atoms with E-state index in [1.54, 1.807) is 29.3 Å². The van der Waals surface area contributed by atoms with Crippen molar-refractivity contribution in [2.24, 2.45) is 0 Å². The minimum atomic E-state index is -0.397. The SMILES string of the molecule is CCCc1c(Cn2ccnc2-c2ncccc2F)ncn2nc(N(CCC)CCC)nc12. The number of nitrogens with zero attached hydrogens (tertiary/aromatic N) is 8. The van der Waals surface area contributed by atoms with Gasteiger partial charge in [-0.05, 0) is 31.4 Å². The number of pyridine rings is 1. The van der Waals surface area contributed by atoms with Crippen LogP contribution >= 0.6 is 0 Å². The van der Waals surface area contributed by atoms with Crippen molar-refractivity contribution in [2.45, 2.75) is 53.0 Å². The van der Waals surface area contributed by atoms with E-state index in [1.807, 2.05) is 10.8 Å². The van der Waals surface area contributed by atoms with E-state index >= 15 is 0 Å². The summed E-state index contributed by atoms with van der Waals surface area (Å²) in [6, 6.07) is 2.97. The number of aromatic nitrogens is 7. The molecule has 0 aliphatic carbocycles. The number of halogens is 1. The Balaban J connectivity index is 1.73. The van der Waals surface area contributed by atoms with Crippen LogP contribution in [0.5, 0.6) is 0 Å². The molecule has 9 heteroatoms. The van der Waals surface area contributed by atoms with Crippen LogP contribution in [-0.4, -0.2) is 47.2 Å². The summed E-state index contributed by atoms with van der Waals surface area (Å²) in [5.41, 5.74) is 3.00. The Morgan fingerprint density at radius 2 is 1.81 bits per heavy atom. The van der Waals surface area contributed by atoms with Crippen molar-refractivity contribution >= 4 is 11.6 Å². The van der Waals surface area contributed by atoms with Gasteiger partial charge in [-0.15, -0.1) is 5.10 Å². The van der Waals surface area contributed by atoms with Crippen molar-refractivity contribution in [1.82, 2.24) is 34.1 Å². The van der Waals surface area contributed by atoms with Gasteiger partial charge in [-0.1, -0.05) is 27.2 Å². The van der Waals surface area contributed by atoms with Gasteiger partial charge in [-0.2, -0.15) is 4.98 Å². The molecule has 4 aromatic rings. The maximum Gasteiger partial charge on any atom is 0.245 e. The third kappa shape index (κ3) is 4.32. The average Bonchev–Trinajstić information content (AvgIpc) is 3.43. The molecule has 32 heavy (non-hydrogen) atoms. The zero-order chi connectivity index (χ0) is 22.5. The first-order valence-electron chi connectivity index (χ1n) is 11.3. The Kier molecular flexibility index (Phi) is 6.72. The minimum absolute atomic E-state index is 0.232. The molecule has 168 valence electrons. The summed E-state index contributed by atoms with van der Waals surface area (Å²) < 4.78 is 18.0. The summed E-state index contributed by atoms with van der Waals surface area (Å²) in [7, 11) is 0. The third-order valence-corrected chi connectivity index (χ3v) is 5.34. The molecule has 0 fully saturated rings. The maximum atomic E-state index is 14.3. The molecule has 0 N–H and O–H groups in total. The molecule has 0 saturated carbocycles. The Morgan fingerprint density at radius 3 is 2.53 bits per heavy atom. The summed E-state index contributed by atoms with van der Waals surface area (Å²) in [5.74, 6) is 0.821. The van der Waals surface area contributed by atoms with Gasteiger partial charge >= 0.3 is 0 Å². The van der Waals surface area contributed by atoms with Gasteiger partial charge in [-0.3, -0.25) is 0 Å². The highest BCUT2D eigenvalue weighted by atomic mass is 19.1. The van der Waals surface area contributed by atoms with Crippen LogP contribution in [0, 0.1) is 5.82 Å². The molecule has 0 saturated heterocycles. The van der Waals surface area contributed by atoms with Gasteiger partial charge in [0.25, 0.3) is 0 Å². The fourth-order valence-corrected chi connectivity index (χ4v) is 3.92. The van der Waals surface area contributed by atoms with Gasteiger partial charge in [0.1, 0.15) is 12.0 Å². The average molecular weight is 437 g/mol. The predicted octanol–water partition coefficient (Wildman–Crippen LogP) is 4.15. The Bertz CT molecular complexity index is 1180. The number of anilines is 1. The number of hydrogen-bond acceptors (Lipinski definition) is 6. The van der Waals surface area contributed by atoms with Crippen LogP contribution in [0.3, 0.4) is 0 Å². The van der Waals surface area contributed by atoms with Gasteiger partial charge in [-0.25, -0.2) is 23.9 Å². The van der Waals surface area contributed by atoms with Crippen LogP contribution in [0.15, 0.2) is 37.1 Å². The van der Waals surface area contributed by atoms with Gasteiger partial charge in [0.05, 0.1) is 12.2 Å². The summed E-state index contributed by atoms with van der Waals surface area (Å²) >= 11 is 0. The van der Waals surface area contributed by atoms with Crippen LogP contribution in [0.1, 0.15) is 51.3 Å². The lowest BCUT2D eigenvalue weighted by atomic mass is 10.1. The number of aryl methyl sites for hydroxylation is 1. The molecule has 0 unspecified atom stereocenters. The summed E-state index contributed by atoms with van der Waals surface area (Å²) in [5, 5.41) is 4.70. The fourth-order valence-electron chi connectivity index (χ4n) is 3.92. The lowest BCUT2D eigenvalue weighted by molar-refractivity contribution is 0.621. The highest BCUT2D eigenvalue weighted by Crippen LogP contribution is 2.23. The Hall–Kier alpha value is -3.36. The maximum absolute atomic E-state index is 14.3. The number of rotatable bonds is 10. The molecule has 4 aromatic heterocycles. The largest absolute Gasteiger partial charge is 0.340 e. The normalized spacial score (nSPS) is 11.4. The van der Waals surface area contributed by atoms with E-state index in [-0.39, 0.29) is 5.69 Å². The molecule has 0 bridgehead atoms. The van der Waals surface area contributed by atoms with Crippen LogP contribution in [0.25, 0.3) is 17.2 Å². The smallest absolute Gasteiger partial charge is 0.245 e. The zero-order valence-corrected chi connectivity index (χ0v) is 18.9. The van der Waals surface area contributed by atoms with Crippen molar-refractivity contribution in [3.8, 4) is 11.5 Å². The molecule has 4 heterocycles. The first-order chi connectivity index (χ1) is 15.7. The van der Waals surface area contributed by atoms with E-state index < -0.39 is 5.82 Å². The number of fused-ring (bicyclic) bond motifs is 1. The van der Waals surface area contributed by atoms with Crippen molar-refractivity contribution in [3.63, 3.8) is 0 Å². The molecule has 0 radical (unpaired) electrons. The summed E-state index contributed by atoms with van der Waals surface area (Å²) in [6.07, 6.45) is 10.6. The predicted molar refractivity (Wildman–Crippen MR) is 122 cm³/mol. The monoisotopic (exact) mass is 436 g/mol. The molecule has 0 aliphatic rings. The van der Waals surface area contributed by atoms with Crippen molar-refractivity contribution in [3.05, 3.63) is 54.1 Å². The zero-order valence-electron chi connectivity index (χ0n) is 18.9. The number of imidazole rings is 1. The second-order valence-corrected chi connectivity index (χ2v) is 7.80. The topological polar surface area (TPSA) is 77.0 Å². The fraction of sp³-hybridized carbons (Fsp3) is 0.435. The summed E-state index contributed by atoms with van der Waals surface area (Å²) in [6.45, 7) is 8.75. The van der Waals surface area contributed by atoms with E-state index in [0.29, 0.717) is 12.4 Å². The molecular weight excluding hydrogens is 407 g/mol. The van der Waals surface area contributed by atoms with Crippen LogP contribution in [0.2, 0.25) is 0 Å². The Morgan fingerprint density at radius 1 is 1.00 bits per heavy atom. The molecule has 8 nitrogen and oxygen atoms in total. The van der Waals surface area contributed by atoms with E-state index in [9.17, 15) is 4.39 Å². The quantitative estimate of drug-likeness (QED) is 0.372. The van der Waals surface area contributed by atoms with Gasteiger partial charge in [0.15, 0.2) is 17.3 Å². The second-order valence-electron chi connectivity index (χ2n) is 7.80. The highest BCUT2D eigenvalue weighted by molar-refractivity contribution is 5.54. The molecule has 0 atom stereocenters. The van der Waals surface area contributed by atoms with E-state index in [2.05, 4.69) is 35.6 Å². The van der Waals surface area contributed by atoms with E-state index in [4.69, 9.17) is 15.1 Å². The molecule has 0 aromatic carbocycles. The first kappa shape index (κ1) is 21.9. The van der Waals surface area contributed by atoms with Crippen molar-refractivity contribution in [1.29, 1.82) is 0 Å². The summed E-state index contributed by atoms with van der Waals surface area (Å²) in [4.78, 5) is 20.3. The molecule has 0 amide bonds. The van der Waals surface area contributed by atoms with Gasteiger partial charge in [0, 0.05) is 37.2 Å². The van der Waals surface area contributed by atoms with Crippen molar-refractivity contribution in [2.75, 3.05) is 18.0 Å². The molecule has 0 spiro atoms. The van der Waals surface area contributed by atoms with E-state index in [0.717, 1.165) is 61.6 Å². The molecule has 4 rings (SSSR count). The first-order valence-corrected chi connectivity index (χ1v) is 11.3. The van der Waals surface area contributed by atoms with Gasteiger partial charge in [0.2, 0.25) is 5.95 Å². The molecule has 0 aliphatic heterocycles. The van der Waals surface area contributed by atoms with Gasteiger partial charge < -0.3 is 9.47 Å². The third-order valence-electron chi connectivity index (χ3n) is 5.34. The lowest BCUT2D eigenvalue weighted by Crippen LogP contribution is -2.26. The molecular formula is C23H29FN8. The van der Waals surface area contributed by atoms with Crippen LogP contribution < -0.4 is 4.90 Å². The standard InChI is InChI=1S/C23H29FN8/c1-4-8-17-19(15-31-14-11-26-22(31)20-18(24)9-7-10-25-20)27-16-32-21(17)28-23(29-32)30(12-5-2)13-6-3/h7,9-11,14,16H,4-6,8,12-13,15H2,1-3H3.